The number of aromatic nitrogens is 1. The summed E-state index contributed by atoms with van der Waals surface area (Å²) in [4.78, 5) is 65.6. The Morgan fingerprint density at radius 1 is 0.929 bits per heavy atom. The van der Waals surface area contributed by atoms with Gasteiger partial charge in [0.2, 0.25) is 11.8 Å². The number of nitro benzene ring substituents is 2. The average Bonchev–Trinajstić information content (AvgIpc) is 3.46. The second-order valence-electron chi connectivity index (χ2n) is 9.43. The number of fused-ring (bicyclic) bond motifs is 2. The van der Waals surface area contributed by atoms with Gasteiger partial charge in [-0.05, 0) is 35.9 Å². The molecule has 1 saturated heterocycles. The highest BCUT2D eigenvalue weighted by molar-refractivity contribution is 8.00. The van der Waals surface area contributed by atoms with Crippen LogP contribution in [0.15, 0.2) is 76.6 Å². The zero-order valence-electron chi connectivity index (χ0n) is 21.1. The van der Waals surface area contributed by atoms with Crippen molar-refractivity contribution < 1.29 is 24.2 Å². The summed E-state index contributed by atoms with van der Waals surface area (Å²) < 4.78 is 6.10. The van der Waals surface area contributed by atoms with Crippen molar-refractivity contribution in [1.29, 1.82) is 0 Å². The molecule has 2 aliphatic heterocycles. The van der Waals surface area contributed by atoms with E-state index in [1.165, 1.54) is 42.5 Å². The quantitative estimate of drug-likeness (QED) is 0.163. The number of benzene rings is 3. The van der Waals surface area contributed by atoms with Gasteiger partial charge in [0.1, 0.15) is 17.6 Å². The molecule has 2 unspecified atom stereocenters. The molecule has 0 radical (unpaired) electrons. The number of ether oxygens (including phenoxy) is 1. The fraction of sp³-hybridized carbons (Fsp3) is 0.148. The van der Waals surface area contributed by atoms with E-state index in [1.807, 2.05) is 0 Å². The summed E-state index contributed by atoms with van der Waals surface area (Å²) in [6.45, 7) is 0.0545. The minimum atomic E-state index is -1.05. The maximum atomic E-state index is 14.0. The smallest absolute Gasteiger partial charge is 0.305 e. The Morgan fingerprint density at radius 2 is 1.64 bits per heavy atom. The van der Waals surface area contributed by atoms with Crippen molar-refractivity contribution in [3.63, 3.8) is 0 Å². The highest BCUT2D eigenvalue weighted by Crippen LogP contribution is 2.55. The van der Waals surface area contributed by atoms with E-state index < -0.39 is 43.6 Å². The Labute approximate surface area is 249 Å². The van der Waals surface area contributed by atoms with Crippen LogP contribution in [0.3, 0.4) is 0 Å². The number of thioether (sulfide) groups is 1. The fourth-order valence-electron chi connectivity index (χ4n) is 5.14. The largest absolute Gasteiger partial charge is 0.489 e. The zero-order valence-corrected chi connectivity index (χ0v) is 23.5. The van der Waals surface area contributed by atoms with Crippen LogP contribution in [0.25, 0.3) is 0 Å². The number of nitrogens with one attached hydrogen (secondary N) is 1. The van der Waals surface area contributed by atoms with Crippen molar-refractivity contribution in [3.8, 4) is 5.75 Å². The van der Waals surface area contributed by atoms with E-state index in [4.69, 9.17) is 16.3 Å². The van der Waals surface area contributed by atoms with Crippen molar-refractivity contribution in [1.82, 2.24) is 4.98 Å². The van der Waals surface area contributed by atoms with E-state index in [2.05, 4.69) is 4.98 Å². The summed E-state index contributed by atoms with van der Waals surface area (Å²) in [7, 11) is 0. The van der Waals surface area contributed by atoms with Crippen LogP contribution < -0.4 is 14.5 Å². The zero-order chi connectivity index (χ0) is 29.7. The van der Waals surface area contributed by atoms with Crippen molar-refractivity contribution in [3.05, 3.63) is 118 Å². The molecular weight excluding hydrogens is 608 g/mol. The van der Waals surface area contributed by atoms with E-state index in [-0.39, 0.29) is 35.0 Å². The fourth-order valence-corrected chi connectivity index (χ4v) is 7.86. The second kappa shape index (κ2) is 10.7. The van der Waals surface area contributed by atoms with Crippen molar-refractivity contribution >= 4 is 63.6 Å². The predicted molar refractivity (Wildman–Crippen MR) is 154 cm³/mol. The predicted octanol–water partition coefficient (Wildman–Crippen LogP) is 5.28. The number of nitro groups is 2. The lowest BCUT2D eigenvalue weighted by Gasteiger charge is -2.30. The van der Waals surface area contributed by atoms with Crippen LogP contribution in [0.4, 0.5) is 17.1 Å². The summed E-state index contributed by atoms with van der Waals surface area (Å²) in [6.07, 6.45) is 0. The molecule has 1 aromatic heterocycles. The van der Waals surface area contributed by atoms with Gasteiger partial charge in [-0.1, -0.05) is 46.8 Å². The molecule has 12 nitrogen and oxygen atoms in total. The summed E-state index contributed by atoms with van der Waals surface area (Å²) in [6, 6.07) is 16.0. The highest BCUT2D eigenvalue weighted by atomic mass is 35.5. The van der Waals surface area contributed by atoms with E-state index in [0.29, 0.717) is 14.9 Å². The Hall–Kier alpha value is -4.53. The molecule has 1 N–H and O–H groups in total. The first-order valence-electron chi connectivity index (χ1n) is 12.3. The summed E-state index contributed by atoms with van der Waals surface area (Å²) in [5.74, 6) is -2.93. The number of aromatic amines is 1. The molecule has 0 spiro atoms. The van der Waals surface area contributed by atoms with Crippen LogP contribution in [0.5, 0.6) is 5.75 Å². The molecule has 3 heterocycles. The molecule has 4 aromatic rings. The van der Waals surface area contributed by atoms with Crippen LogP contribution in [0.1, 0.15) is 21.9 Å². The Bertz CT molecular complexity index is 1840. The van der Waals surface area contributed by atoms with Gasteiger partial charge in [-0.15, -0.1) is 0 Å². The van der Waals surface area contributed by atoms with E-state index in [0.717, 1.165) is 33.6 Å². The lowest BCUT2D eigenvalue weighted by Crippen LogP contribution is -2.32. The van der Waals surface area contributed by atoms with Crippen LogP contribution in [-0.2, 0) is 16.2 Å². The first kappa shape index (κ1) is 27.6. The number of carbonyl (C=O) groups is 2. The SMILES string of the molecule is O=C1C2Sc3[nH]c(=O)sc3[C@H](c3cc([N+](=O)[O-])ccc3OCc3cccc(Cl)c3)C2C(=O)N1c1ccc([N+](=O)[O-])cc1. The van der Waals surface area contributed by atoms with E-state index in [1.54, 1.807) is 24.3 Å². The molecule has 2 aliphatic rings. The molecule has 15 heteroatoms. The molecule has 42 heavy (non-hydrogen) atoms. The Balaban J connectivity index is 1.46. The topological polar surface area (TPSA) is 166 Å². The third-order valence-corrected chi connectivity index (χ3v) is 9.60. The molecule has 212 valence electrons. The third-order valence-electron chi connectivity index (χ3n) is 6.97. The van der Waals surface area contributed by atoms with Crippen LogP contribution in [-0.4, -0.2) is 31.9 Å². The number of carbonyl (C=O) groups excluding carboxylic acids is 2. The molecule has 3 aromatic carbocycles. The minimum Gasteiger partial charge on any atom is -0.489 e. The number of halogens is 1. The maximum Gasteiger partial charge on any atom is 0.305 e. The van der Waals surface area contributed by atoms with Gasteiger partial charge in [-0.3, -0.25) is 34.6 Å². The van der Waals surface area contributed by atoms with Crippen LogP contribution >= 0.6 is 34.7 Å². The van der Waals surface area contributed by atoms with Gasteiger partial charge in [0.05, 0.1) is 26.5 Å². The number of imide groups is 1. The normalized spacial score (nSPS) is 19.4. The van der Waals surface area contributed by atoms with E-state index in [9.17, 15) is 34.6 Å². The van der Waals surface area contributed by atoms with Gasteiger partial charge in [-0.2, -0.15) is 0 Å². The van der Waals surface area contributed by atoms with Crippen molar-refractivity contribution in [2.24, 2.45) is 5.92 Å². The van der Waals surface area contributed by atoms with Crippen LogP contribution in [0, 0.1) is 26.1 Å². The van der Waals surface area contributed by atoms with Gasteiger partial charge in [0.15, 0.2) is 0 Å². The van der Waals surface area contributed by atoms with Gasteiger partial charge in [-0.25, -0.2) is 4.90 Å². The van der Waals surface area contributed by atoms with Crippen molar-refractivity contribution in [2.75, 3.05) is 4.90 Å². The first-order chi connectivity index (χ1) is 20.1. The summed E-state index contributed by atoms with van der Waals surface area (Å²) in [5.41, 5.74) is 0.679. The lowest BCUT2D eigenvalue weighted by molar-refractivity contribution is -0.385. The number of non-ortho nitro benzene ring substituents is 2. The van der Waals surface area contributed by atoms with Gasteiger partial charge < -0.3 is 9.72 Å². The number of amides is 2. The number of rotatable bonds is 7. The first-order valence-corrected chi connectivity index (χ1v) is 14.4. The third kappa shape index (κ3) is 4.82. The lowest BCUT2D eigenvalue weighted by atomic mass is 9.82. The molecule has 0 aliphatic carbocycles. The number of nitrogens with zero attached hydrogens (tertiary/aromatic N) is 3. The molecule has 6 rings (SSSR count). The standard InChI is InChI=1S/C27H17ClN4O8S2/c28-14-3-1-2-13(10-14)12-40-19-9-8-17(32(38)39)11-18(19)20-21-23(41-24-22(20)42-27(35)29-24)26(34)30(25(21)33)15-4-6-16(7-5-15)31(36)37/h1-11,20-21,23H,12H2,(H,29,35)/t20-,21?,23?/m1/s1. The Morgan fingerprint density at radius 3 is 2.33 bits per heavy atom. The van der Waals surface area contributed by atoms with Gasteiger partial charge in [0.25, 0.3) is 11.4 Å². The second-order valence-corrected chi connectivity index (χ2v) is 12.0. The molecule has 1 fully saturated rings. The minimum absolute atomic E-state index is 0.0545. The summed E-state index contributed by atoms with van der Waals surface area (Å²) >= 11 is 7.99. The summed E-state index contributed by atoms with van der Waals surface area (Å²) in [5, 5.41) is 22.8. The maximum absolute atomic E-state index is 14.0. The van der Waals surface area contributed by atoms with Crippen LogP contribution in [0.2, 0.25) is 5.02 Å². The number of anilines is 1. The number of hydrogen-bond donors (Lipinski definition) is 1. The Kier molecular flexibility index (Phi) is 7.04. The van der Waals surface area contributed by atoms with Gasteiger partial charge >= 0.3 is 4.87 Å². The average molecular weight is 625 g/mol. The molecule has 0 saturated carbocycles. The molecular formula is C27H17ClN4O8S2. The number of H-pyrrole nitrogens is 1. The monoisotopic (exact) mass is 624 g/mol. The highest BCUT2D eigenvalue weighted by Gasteiger charge is 2.57. The number of hydrogen-bond acceptors (Lipinski definition) is 10. The van der Waals surface area contributed by atoms with E-state index >= 15 is 0 Å². The molecule has 0 bridgehead atoms. The number of thiazole rings is 1. The molecule has 3 atom stereocenters. The molecule has 2 amide bonds. The van der Waals surface area contributed by atoms with Gasteiger partial charge in [0, 0.05) is 45.6 Å². The van der Waals surface area contributed by atoms with Crippen molar-refractivity contribution in [2.45, 2.75) is 22.8 Å².